The van der Waals surface area contributed by atoms with E-state index in [-0.39, 0.29) is 35.2 Å². The largest absolute Gasteiger partial charge is 0.504 e. The van der Waals surface area contributed by atoms with Gasteiger partial charge < -0.3 is 35.6 Å². The second-order valence-corrected chi connectivity index (χ2v) is 11.6. The maximum absolute atomic E-state index is 14.2. The van der Waals surface area contributed by atoms with Gasteiger partial charge in [0.05, 0.1) is 25.7 Å². The Morgan fingerprint density at radius 2 is 1.86 bits per heavy atom. The Hall–Kier alpha value is -3.98. The van der Waals surface area contributed by atoms with Crippen molar-refractivity contribution in [3.8, 4) is 28.7 Å². The number of aryl methyl sites for hydroxylation is 2. The molecule has 0 saturated heterocycles. The van der Waals surface area contributed by atoms with Gasteiger partial charge in [-0.2, -0.15) is 0 Å². The van der Waals surface area contributed by atoms with Crippen LogP contribution in [-0.2, 0) is 29.5 Å². The summed E-state index contributed by atoms with van der Waals surface area (Å²) in [5.41, 5.74) is 9.05. The number of ether oxygens (including phenoxy) is 2. The number of carbonyl (C=O) groups excluding carboxylic acids is 1. The summed E-state index contributed by atoms with van der Waals surface area (Å²) in [6, 6.07) is 10.3. The van der Waals surface area contributed by atoms with Crippen molar-refractivity contribution in [3.05, 3.63) is 64.8 Å². The van der Waals surface area contributed by atoms with E-state index in [0.717, 1.165) is 55.2 Å². The third-order valence-electron chi connectivity index (χ3n) is 9.04. The van der Waals surface area contributed by atoms with Gasteiger partial charge in [-0.3, -0.25) is 4.79 Å². The molecular weight excluding hydrogens is 536 g/mol. The summed E-state index contributed by atoms with van der Waals surface area (Å²) in [5, 5.41) is 42.3. The van der Waals surface area contributed by atoms with Gasteiger partial charge in [0.25, 0.3) is 0 Å². The van der Waals surface area contributed by atoms with Crippen LogP contribution in [0.4, 0.5) is 5.82 Å². The molecule has 0 radical (unpaired) electrons. The maximum Gasteiger partial charge on any atom is 0.200 e. The number of hydrogen-bond donors (Lipinski definition) is 5. The molecule has 9 heteroatoms. The van der Waals surface area contributed by atoms with Crippen LogP contribution < -0.4 is 15.2 Å². The number of pyridine rings is 1. The molecule has 2 aliphatic rings. The van der Waals surface area contributed by atoms with E-state index < -0.39 is 17.4 Å². The zero-order chi connectivity index (χ0) is 29.9. The van der Waals surface area contributed by atoms with E-state index in [9.17, 15) is 25.2 Å². The van der Waals surface area contributed by atoms with Crippen LogP contribution in [0.3, 0.4) is 0 Å². The van der Waals surface area contributed by atoms with Crippen molar-refractivity contribution >= 4 is 11.6 Å². The van der Waals surface area contributed by atoms with Gasteiger partial charge in [-0.25, -0.2) is 4.98 Å². The molecule has 42 heavy (non-hydrogen) atoms. The molecule has 2 heterocycles. The Morgan fingerprint density at radius 1 is 1.07 bits per heavy atom. The highest BCUT2D eigenvalue weighted by atomic mass is 16.5. The number of rotatable bonds is 11. The number of aliphatic hydroxyl groups is 1. The van der Waals surface area contributed by atoms with Crippen LogP contribution >= 0.6 is 0 Å². The summed E-state index contributed by atoms with van der Waals surface area (Å²) >= 11 is 0. The minimum absolute atomic E-state index is 0.0672. The fourth-order valence-corrected chi connectivity index (χ4v) is 7.02. The quantitative estimate of drug-likeness (QED) is 0.204. The zero-order valence-corrected chi connectivity index (χ0v) is 24.0. The van der Waals surface area contributed by atoms with Crippen molar-refractivity contribution in [2.45, 2.75) is 75.7 Å². The van der Waals surface area contributed by atoms with Gasteiger partial charge in [0.15, 0.2) is 23.0 Å². The summed E-state index contributed by atoms with van der Waals surface area (Å²) in [5.74, 6) is -0.248. The molecule has 6 N–H and O–H groups in total. The number of Topliss-reactive ketones (excluding diaryl/α,β-unsaturated/α-hetero) is 1. The number of ketones is 1. The maximum atomic E-state index is 14.2. The molecule has 5 rings (SSSR count). The lowest BCUT2D eigenvalue weighted by Crippen LogP contribution is -2.45. The molecule has 9 nitrogen and oxygen atoms in total. The van der Waals surface area contributed by atoms with Crippen LogP contribution in [0.2, 0.25) is 0 Å². The minimum Gasteiger partial charge on any atom is -0.504 e. The van der Waals surface area contributed by atoms with E-state index in [0.29, 0.717) is 43.0 Å². The highest BCUT2D eigenvalue weighted by molar-refractivity contribution is 5.84. The second kappa shape index (κ2) is 12.5. The lowest BCUT2D eigenvalue weighted by molar-refractivity contribution is -0.130. The zero-order valence-electron chi connectivity index (χ0n) is 24.0. The number of benzene rings is 2. The molecule has 224 valence electrons. The van der Waals surface area contributed by atoms with Crippen LogP contribution in [0.5, 0.6) is 28.7 Å². The fraction of sp³-hybridized carbons (Fsp3) is 0.455. The molecule has 0 spiro atoms. The molecule has 0 amide bonds. The Bertz CT molecular complexity index is 1430. The number of phenols is 3. The first-order valence-corrected chi connectivity index (χ1v) is 14.7. The number of aromatic nitrogens is 1. The van der Waals surface area contributed by atoms with E-state index in [4.69, 9.17) is 15.2 Å². The number of phenolic OH excluding ortho intramolecular Hbond substituents is 3. The van der Waals surface area contributed by atoms with Crippen LogP contribution in [-0.4, -0.2) is 51.0 Å². The first-order chi connectivity index (χ1) is 20.2. The van der Waals surface area contributed by atoms with Crippen LogP contribution in [0.1, 0.15) is 67.2 Å². The number of hydrogen-bond acceptors (Lipinski definition) is 9. The fourth-order valence-electron chi connectivity index (χ4n) is 7.02. The van der Waals surface area contributed by atoms with Crippen molar-refractivity contribution in [1.82, 2.24) is 4.98 Å². The lowest BCUT2D eigenvalue weighted by Gasteiger charge is -2.40. The molecule has 0 bridgehead atoms. The summed E-state index contributed by atoms with van der Waals surface area (Å²) in [7, 11) is 1.40. The summed E-state index contributed by atoms with van der Waals surface area (Å²) < 4.78 is 10.9. The molecule has 2 atom stereocenters. The summed E-state index contributed by atoms with van der Waals surface area (Å²) in [6.07, 6.45) is 7.10. The van der Waals surface area contributed by atoms with Gasteiger partial charge in [0.1, 0.15) is 11.6 Å². The third kappa shape index (κ3) is 5.83. The number of nitrogens with two attached hydrogens (primary N) is 1. The molecule has 2 unspecified atom stereocenters. The number of aliphatic hydroxyl groups excluding tert-OH is 1. The average Bonchev–Trinajstić information content (AvgIpc) is 3.48. The van der Waals surface area contributed by atoms with Gasteiger partial charge in [-0.05, 0) is 92.0 Å². The normalized spacial score (nSPS) is 17.2. The van der Waals surface area contributed by atoms with Gasteiger partial charge in [-0.1, -0.05) is 18.9 Å². The highest BCUT2D eigenvalue weighted by Crippen LogP contribution is 2.50. The van der Waals surface area contributed by atoms with E-state index in [1.54, 1.807) is 18.3 Å². The van der Waals surface area contributed by atoms with Crippen LogP contribution in [0.25, 0.3) is 0 Å². The van der Waals surface area contributed by atoms with Gasteiger partial charge in [-0.15, -0.1) is 0 Å². The summed E-state index contributed by atoms with van der Waals surface area (Å²) in [4.78, 5) is 18.4. The van der Waals surface area contributed by atoms with Crippen molar-refractivity contribution in [2.24, 2.45) is 5.92 Å². The SMILES string of the molecule is COc1cc(CCC(=O)C(C(O)CCc2ccc(O)c3c2CCCO3)C2(c3ccnc(N)c3)CCCC2)cc(O)c1O. The number of fused-ring (bicyclic) bond motifs is 1. The van der Waals surface area contributed by atoms with E-state index in [2.05, 4.69) is 4.98 Å². The molecule has 1 aromatic heterocycles. The monoisotopic (exact) mass is 576 g/mol. The standard InChI is InChI=1S/C33H40N2O7/c1-41-28-18-20(17-27(39)31(28)40)6-9-24(36)30(33(13-2-3-14-33)22-12-15-35-29(34)19-22)25(37)10-7-21-8-11-26(38)32-23(21)5-4-16-42-32/h8,11-12,15,17-19,25,30,37-40H,2-7,9-10,13-14,16H2,1H3,(H2,34,35). The molecule has 1 aliphatic carbocycles. The van der Waals surface area contributed by atoms with Crippen LogP contribution in [0.15, 0.2) is 42.6 Å². The van der Waals surface area contributed by atoms with Crippen molar-refractivity contribution in [3.63, 3.8) is 0 Å². The van der Waals surface area contributed by atoms with Crippen molar-refractivity contribution < 1.29 is 34.7 Å². The van der Waals surface area contributed by atoms with Crippen LogP contribution in [0, 0.1) is 5.92 Å². The Morgan fingerprint density at radius 3 is 2.60 bits per heavy atom. The number of anilines is 1. The molecule has 3 aromatic rings. The minimum atomic E-state index is -0.929. The average molecular weight is 577 g/mol. The van der Waals surface area contributed by atoms with Gasteiger partial charge >= 0.3 is 0 Å². The smallest absolute Gasteiger partial charge is 0.200 e. The summed E-state index contributed by atoms with van der Waals surface area (Å²) in [6.45, 7) is 0.561. The Kier molecular flexibility index (Phi) is 8.77. The number of nitrogens with zero attached hydrogens (tertiary/aromatic N) is 1. The predicted octanol–water partition coefficient (Wildman–Crippen LogP) is 4.74. The van der Waals surface area contributed by atoms with Crippen molar-refractivity contribution in [1.29, 1.82) is 0 Å². The molecule has 1 saturated carbocycles. The Balaban J connectivity index is 1.44. The second-order valence-electron chi connectivity index (χ2n) is 11.6. The van der Waals surface area contributed by atoms with Gasteiger partial charge in [0, 0.05) is 23.6 Å². The number of aromatic hydroxyl groups is 3. The third-order valence-corrected chi connectivity index (χ3v) is 9.04. The molecule has 2 aromatic carbocycles. The van der Waals surface area contributed by atoms with Crippen molar-refractivity contribution in [2.75, 3.05) is 19.5 Å². The molecular formula is C33H40N2O7. The van der Waals surface area contributed by atoms with Gasteiger partial charge in [0.2, 0.25) is 5.75 Å². The first-order valence-electron chi connectivity index (χ1n) is 14.7. The highest BCUT2D eigenvalue weighted by Gasteiger charge is 2.49. The Labute approximate surface area is 245 Å². The van der Waals surface area contributed by atoms with E-state index in [1.165, 1.54) is 13.2 Å². The molecule has 1 aliphatic heterocycles. The predicted molar refractivity (Wildman–Crippen MR) is 158 cm³/mol. The van der Waals surface area contributed by atoms with E-state index in [1.807, 2.05) is 18.2 Å². The van der Waals surface area contributed by atoms with E-state index >= 15 is 0 Å². The topological polar surface area (TPSA) is 155 Å². The number of nitrogen functional groups attached to an aromatic ring is 1. The number of methoxy groups -OCH3 is 1. The first kappa shape index (κ1) is 29.5. The number of carbonyl (C=O) groups is 1. The molecule has 1 fully saturated rings. The lowest BCUT2D eigenvalue weighted by atomic mass is 9.64.